The second-order valence-corrected chi connectivity index (χ2v) is 5.60. The van der Waals surface area contributed by atoms with Crippen molar-refractivity contribution < 1.29 is 14.2 Å². The van der Waals surface area contributed by atoms with Gasteiger partial charge in [0.25, 0.3) is 0 Å². The van der Waals surface area contributed by atoms with E-state index in [-0.39, 0.29) is 11.9 Å². The first-order chi connectivity index (χ1) is 9.95. The van der Waals surface area contributed by atoms with Gasteiger partial charge < -0.3 is 9.84 Å². The molecule has 0 spiro atoms. The van der Waals surface area contributed by atoms with Gasteiger partial charge in [-0.1, -0.05) is 29.8 Å². The molecule has 0 aliphatic carbocycles. The third kappa shape index (κ3) is 4.45. The van der Waals surface area contributed by atoms with Crippen LogP contribution in [0.2, 0.25) is 5.02 Å². The molecule has 0 aliphatic rings. The van der Waals surface area contributed by atoms with E-state index in [4.69, 9.17) is 16.3 Å². The number of ether oxygens (including phenoxy) is 1. The minimum absolute atomic E-state index is 0.110. The molecule has 2 nitrogen and oxygen atoms in total. The zero-order valence-electron chi connectivity index (χ0n) is 12.0. The lowest BCUT2D eigenvalue weighted by molar-refractivity contribution is 0.178. The summed E-state index contributed by atoms with van der Waals surface area (Å²) in [6, 6.07) is 11.5. The average Bonchev–Trinajstić information content (AvgIpc) is 2.42. The summed E-state index contributed by atoms with van der Waals surface area (Å²) in [6.07, 6.45) is -0.247. The first-order valence-corrected chi connectivity index (χ1v) is 7.22. The first-order valence-electron chi connectivity index (χ1n) is 6.84. The fourth-order valence-corrected chi connectivity index (χ4v) is 2.30. The summed E-state index contributed by atoms with van der Waals surface area (Å²) in [7, 11) is 0. The molecule has 21 heavy (non-hydrogen) atoms. The van der Waals surface area contributed by atoms with Crippen LogP contribution in [0.1, 0.15) is 31.1 Å². The molecule has 0 bridgehead atoms. The van der Waals surface area contributed by atoms with E-state index in [1.165, 1.54) is 12.1 Å². The maximum atomic E-state index is 13.0. The fourth-order valence-electron chi connectivity index (χ4n) is 2.05. The Morgan fingerprint density at radius 1 is 1.14 bits per heavy atom. The van der Waals surface area contributed by atoms with Crippen LogP contribution in [0.4, 0.5) is 4.39 Å². The van der Waals surface area contributed by atoms with Gasteiger partial charge in [0.2, 0.25) is 0 Å². The van der Waals surface area contributed by atoms with Crippen molar-refractivity contribution in [3.8, 4) is 5.75 Å². The highest BCUT2D eigenvalue weighted by molar-refractivity contribution is 6.31. The van der Waals surface area contributed by atoms with Gasteiger partial charge in [-0.15, -0.1) is 0 Å². The maximum absolute atomic E-state index is 13.0. The third-order valence-corrected chi connectivity index (χ3v) is 3.42. The smallest absolute Gasteiger partial charge is 0.124 e. The highest BCUT2D eigenvalue weighted by Gasteiger charge is 2.12. The van der Waals surface area contributed by atoms with Gasteiger partial charge in [-0.25, -0.2) is 4.39 Å². The van der Waals surface area contributed by atoms with Gasteiger partial charge >= 0.3 is 0 Å². The number of benzene rings is 2. The van der Waals surface area contributed by atoms with Crippen LogP contribution >= 0.6 is 11.6 Å². The van der Waals surface area contributed by atoms with Crippen LogP contribution in [0, 0.1) is 5.82 Å². The average molecular weight is 309 g/mol. The second kappa shape index (κ2) is 6.92. The Morgan fingerprint density at radius 3 is 2.38 bits per heavy atom. The fraction of sp³-hybridized carbons (Fsp3) is 0.294. The van der Waals surface area contributed by atoms with E-state index in [0.29, 0.717) is 17.0 Å². The molecule has 2 aromatic rings. The summed E-state index contributed by atoms with van der Waals surface area (Å²) < 4.78 is 18.6. The van der Waals surface area contributed by atoms with Gasteiger partial charge in [0.15, 0.2) is 0 Å². The van der Waals surface area contributed by atoms with E-state index in [1.807, 2.05) is 38.1 Å². The highest BCUT2D eigenvalue weighted by atomic mass is 35.5. The zero-order chi connectivity index (χ0) is 15.4. The van der Waals surface area contributed by atoms with Crippen LogP contribution in [-0.2, 0) is 6.42 Å². The highest BCUT2D eigenvalue weighted by Crippen LogP contribution is 2.25. The molecule has 0 aromatic heterocycles. The third-order valence-electron chi connectivity index (χ3n) is 3.07. The van der Waals surface area contributed by atoms with Crippen LogP contribution < -0.4 is 4.74 Å². The van der Waals surface area contributed by atoms with Crippen molar-refractivity contribution in [2.45, 2.75) is 32.5 Å². The monoisotopic (exact) mass is 308 g/mol. The quantitative estimate of drug-likeness (QED) is 0.878. The summed E-state index contributed by atoms with van der Waals surface area (Å²) in [6.45, 7) is 3.92. The number of aliphatic hydroxyl groups is 1. The number of hydrogen-bond acceptors (Lipinski definition) is 2. The summed E-state index contributed by atoms with van der Waals surface area (Å²) >= 11 is 5.97. The Morgan fingerprint density at radius 2 is 1.81 bits per heavy atom. The molecule has 112 valence electrons. The summed E-state index contributed by atoms with van der Waals surface area (Å²) in [5.41, 5.74) is 1.49. The van der Waals surface area contributed by atoms with Gasteiger partial charge in [0, 0.05) is 11.4 Å². The largest absolute Gasteiger partial charge is 0.491 e. The Labute approximate surface area is 129 Å². The predicted octanol–water partition coefficient (Wildman–Crippen LogP) is 4.54. The molecule has 0 amide bonds. The van der Waals surface area contributed by atoms with Crippen molar-refractivity contribution >= 4 is 11.6 Å². The lowest BCUT2D eigenvalue weighted by Crippen LogP contribution is -2.06. The molecule has 0 aliphatic heterocycles. The molecule has 1 N–H and O–H groups in total. The lowest BCUT2D eigenvalue weighted by atomic mass is 10.0. The van der Waals surface area contributed by atoms with Crippen molar-refractivity contribution in [2.75, 3.05) is 0 Å². The molecule has 0 radical (unpaired) electrons. The number of halogens is 2. The standard InChI is InChI=1S/C17H18ClFO2/c1-11(2)21-15-7-4-12(5-8-15)17(20)9-13-3-6-14(19)10-16(13)18/h3-8,10-11,17,20H,9H2,1-2H3. The van der Waals surface area contributed by atoms with Crippen molar-refractivity contribution in [2.24, 2.45) is 0 Å². The molecule has 0 saturated heterocycles. The second-order valence-electron chi connectivity index (χ2n) is 5.19. The van der Waals surface area contributed by atoms with Crippen molar-refractivity contribution in [1.29, 1.82) is 0 Å². The summed E-state index contributed by atoms with van der Waals surface area (Å²) in [5.74, 6) is 0.384. The Balaban J connectivity index is 2.07. The minimum Gasteiger partial charge on any atom is -0.491 e. The number of hydrogen-bond donors (Lipinski definition) is 1. The number of aliphatic hydroxyl groups excluding tert-OH is 1. The van der Waals surface area contributed by atoms with Gasteiger partial charge in [0.1, 0.15) is 11.6 Å². The summed E-state index contributed by atoms with van der Waals surface area (Å²) in [4.78, 5) is 0. The van der Waals surface area contributed by atoms with E-state index in [2.05, 4.69) is 0 Å². The van der Waals surface area contributed by atoms with E-state index >= 15 is 0 Å². The van der Waals surface area contributed by atoms with E-state index in [0.717, 1.165) is 11.3 Å². The van der Waals surface area contributed by atoms with Gasteiger partial charge in [-0.2, -0.15) is 0 Å². The lowest BCUT2D eigenvalue weighted by Gasteiger charge is -2.14. The van der Waals surface area contributed by atoms with E-state index in [9.17, 15) is 9.50 Å². The number of rotatable bonds is 5. The van der Waals surface area contributed by atoms with Crippen LogP contribution in [0.3, 0.4) is 0 Å². The Kier molecular flexibility index (Phi) is 5.21. The Hall–Kier alpha value is -1.58. The summed E-state index contributed by atoms with van der Waals surface area (Å²) in [5, 5.41) is 10.6. The molecule has 1 atom stereocenters. The van der Waals surface area contributed by atoms with Crippen LogP contribution in [0.15, 0.2) is 42.5 Å². The van der Waals surface area contributed by atoms with E-state index < -0.39 is 6.10 Å². The first kappa shape index (κ1) is 15.8. The molecule has 4 heteroatoms. The van der Waals surface area contributed by atoms with Crippen LogP contribution in [0.25, 0.3) is 0 Å². The van der Waals surface area contributed by atoms with Gasteiger partial charge in [-0.05, 0) is 49.2 Å². The van der Waals surface area contributed by atoms with Crippen LogP contribution in [-0.4, -0.2) is 11.2 Å². The van der Waals surface area contributed by atoms with Crippen molar-refractivity contribution in [3.05, 3.63) is 64.4 Å². The molecular formula is C17H18ClFO2. The molecular weight excluding hydrogens is 291 g/mol. The molecule has 1 unspecified atom stereocenters. The van der Waals surface area contributed by atoms with Crippen molar-refractivity contribution in [1.82, 2.24) is 0 Å². The SMILES string of the molecule is CC(C)Oc1ccc(C(O)Cc2ccc(F)cc2Cl)cc1. The molecule has 0 fully saturated rings. The molecule has 2 aromatic carbocycles. The van der Waals surface area contributed by atoms with Crippen LogP contribution in [0.5, 0.6) is 5.75 Å². The predicted molar refractivity (Wildman–Crippen MR) is 82.3 cm³/mol. The normalized spacial score (nSPS) is 12.5. The minimum atomic E-state index is -0.693. The van der Waals surface area contributed by atoms with Crippen molar-refractivity contribution in [3.63, 3.8) is 0 Å². The molecule has 0 heterocycles. The molecule has 2 rings (SSSR count). The zero-order valence-corrected chi connectivity index (χ0v) is 12.8. The van der Waals surface area contributed by atoms with E-state index in [1.54, 1.807) is 6.07 Å². The van der Waals surface area contributed by atoms with Gasteiger partial charge in [-0.3, -0.25) is 0 Å². The van der Waals surface area contributed by atoms with Gasteiger partial charge in [0.05, 0.1) is 12.2 Å². The maximum Gasteiger partial charge on any atom is 0.124 e. The molecule has 0 saturated carbocycles. The Bertz CT molecular complexity index is 596. The topological polar surface area (TPSA) is 29.5 Å².